The molecule has 0 aromatic heterocycles. The van der Waals surface area contributed by atoms with Gasteiger partial charge in [-0.15, -0.1) is 11.6 Å². The number of aryl methyl sites for hydroxylation is 1. The maximum absolute atomic E-state index is 12.5. The molecule has 1 fully saturated rings. The molecule has 1 saturated heterocycles. The topological polar surface area (TPSA) is 29.5 Å². The van der Waals surface area contributed by atoms with Crippen molar-refractivity contribution in [1.82, 2.24) is 4.90 Å². The van der Waals surface area contributed by atoms with E-state index in [4.69, 9.17) is 16.3 Å². The number of hydrogen-bond donors (Lipinski definition) is 0. The lowest BCUT2D eigenvalue weighted by molar-refractivity contribution is 0.00450. The van der Waals surface area contributed by atoms with Gasteiger partial charge in [0, 0.05) is 16.9 Å². The Balaban J connectivity index is 2.26. The third-order valence-corrected chi connectivity index (χ3v) is 4.07. The first-order valence-electron chi connectivity index (χ1n) is 5.84. The first-order valence-corrected chi connectivity index (χ1v) is 7.17. The summed E-state index contributed by atoms with van der Waals surface area (Å²) in [6, 6.07) is 5.73. The highest BCUT2D eigenvalue weighted by atomic mass is 79.9. The van der Waals surface area contributed by atoms with Crippen LogP contribution in [0.2, 0.25) is 0 Å². The van der Waals surface area contributed by atoms with E-state index in [1.54, 1.807) is 4.90 Å². The minimum Gasteiger partial charge on any atom is -0.377 e. The summed E-state index contributed by atoms with van der Waals surface area (Å²) in [5, 5.41) is 0. The standard InChI is InChI=1S/C13H15BrClNO2/c1-9-2-3-12(14)11(6-9)13(17)16-4-5-18-8-10(16)7-15/h2-3,6,10H,4-5,7-8H2,1H3. The van der Waals surface area contributed by atoms with Crippen LogP contribution in [0, 0.1) is 6.92 Å². The molecular formula is C13H15BrClNO2. The predicted octanol–water partition coefficient (Wildman–Crippen LogP) is 2.84. The third-order valence-electron chi connectivity index (χ3n) is 3.02. The largest absolute Gasteiger partial charge is 0.377 e. The van der Waals surface area contributed by atoms with E-state index in [2.05, 4.69) is 15.9 Å². The van der Waals surface area contributed by atoms with Crippen molar-refractivity contribution >= 4 is 33.4 Å². The minimum absolute atomic E-state index is 0.0134. The van der Waals surface area contributed by atoms with E-state index >= 15 is 0 Å². The summed E-state index contributed by atoms with van der Waals surface area (Å²) in [6.07, 6.45) is 0. The summed E-state index contributed by atoms with van der Waals surface area (Å²) < 4.78 is 6.17. The fourth-order valence-corrected chi connectivity index (χ4v) is 2.68. The molecule has 98 valence electrons. The summed E-state index contributed by atoms with van der Waals surface area (Å²) in [5.74, 6) is 0.411. The molecule has 1 aliphatic rings. The number of benzene rings is 1. The van der Waals surface area contributed by atoms with Crippen molar-refractivity contribution in [2.45, 2.75) is 13.0 Å². The van der Waals surface area contributed by atoms with Crippen LogP contribution in [0.5, 0.6) is 0 Å². The highest BCUT2D eigenvalue weighted by Crippen LogP contribution is 2.22. The van der Waals surface area contributed by atoms with Gasteiger partial charge in [-0.05, 0) is 35.0 Å². The molecule has 0 N–H and O–H groups in total. The van der Waals surface area contributed by atoms with Crippen LogP contribution in [0.1, 0.15) is 15.9 Å². The number of ether oxygens (including phenoxy) is 1. The van der Waals surface area contributed by atoms with E-state index in [1.165, 1.54) is 0 Å². The Labute approximate surface area is 120 Å². The number of morpholine rings is 1. The van der Waals surface area contributed by atoms with E-state index in [0.29, 0.717) is 31.2 Å². The van der Waals surface area contributed by atoms with Gasteiger partial charge in [0.05, 0.1) is 24.8 Å². The SMILES string of the molecule is Cc1ccc(Br)c(C(=O)N2CCOCC2CCl)c1. The molecule has 1 atom stereocenters. The maximum Gasteiger partial charge on any atom is 0.255 e. The van der Waals surface area contributed by atoms with Crippen LogP contribution in [0.15, 0.2) is 22.7 Å². The second kappa shape index (κ2) is 6.04. The van der Waals surface area contributed by atoms with Crippen LogP contribution in [0.4, 0.5) is 0 Å². The molecule has 0 saturated carbocycles. The number of carbonyl (C=O) groups excluding carboxylic acids is 1. The lowest BCUT2D eigenvalue weighted by Crippen LogP contribution is -2.49. The molecule has 18 heavy (non-hydrogen) atoms. The molecule has 1 aromatic rings. The molecule has 1 unspecified atom stereocenters. The molecule has 1 aromatic carbocycles. The average molecular weight is 333 g/mol. The summed E-state index contributed by atoms with van der Waals surface area (Å²) >= 11 is 9.32. The van der Waals surface area contributed by atoms with Gasteiger partial charge >= 0.3 is 0 Å². The fourth-order valence-electron chi connectivity index (χ4n) is 2.01. The van der Waals surface area contributed by atoms with Crippen LogP contribution in [-0.4, -0.2) is 42.5 Å². The quantitative estimate of drug-likeness (QED) is 0.780. The van der Waals surface area contributed by atoms with Crippen molar-refractivity contribution in [2.24, 2.45) is 0 Å². The first kappa shape index (κ1) is 13.8. The van der Waals surface area contributed by atoms with Crippen LogP contribution in [0.3, 0.4) is 0 Å². The van der Waals surface area contributed by atoms with Gasteiger partial charge in [-0.25, -0.2) is 0 Å². The van der Waals surface area contributed by atoms with Gasteiger partial charge in [0.2, 0.25) is 0 Å². The zero-order valence-electron chi connectivity index (χ0n) is 10.2. The molecule has 3 nitrogen and oxygen atoms in total. The number of rotatable bonds is 2. The number of hydrogen-bond acceptors (Lipinski definition) is 2. The van der Waals surface area contributed by atoms with Crippen LogP contribution in [0.25, 0.3) is 0 Å². The summed E-state index contributed by atoms with van der Waals surface area (Å²) in [4.78, 5) is 14.3. The molecule has 5 heteroatoms. The summed E-state index contributed by atoms with van der Waals surface area (Å²) in [6.45, 7) is 3.65. The smallest absolute Gasteiger partial charge is 0.255 e. The molecule has 0 bridgehead atoms. The number of carbonyl (C=O) groups is 1. The Hall–Kier alpha value is -0.580. The lowest BCUT2D eigenvalue weighted by atomic mass is 10.1. The van der Waals surface area contributed by atoms with Crippen molar-refractivity contribution in [3.05, 3.63) is 33.8 Å². The van der Waals surface area contributed by atoms with Gasteiger partial charge < -0.3 is 9.64 Å². The summed E-state index contributed by atoms with van der Waals surface area (Å²) in [7, 11) is 0. The Morgan fingerprint density at radius 1 is 1.61 bits per heavy atom. The van der Waals surface area contributed by atoms with E-state index in [-0.39, 0.29) is 11.9 Å². The Kier molecular flexibility index (Phi) is 4.65. The van der Waals surface area contributed by atoms with Gasteiger partial charge in [-0.2, -0.15) is 0 Å². The van der Waals surface area contributed by atoms with Crippen LogP contribution in [-0.2, 0) is 4.74 Å². The highest BCUT2D eigenvalue weighted by molar-refractivity contribution is 9.10. The second-order valence-corrected chi connectivity index (χ2v) is 5.53. The van der Waals surface area contributed by atoms with E-state index in [0.717, 1.165) is 10.0 Å². The monoisotopic (exact) mass is 331 g/mol. The summed E-state index contributed by atoms with van der Waals surface area (Å²) in [5.41, 5.74) is 1.75. The van der Waals surface area contributed by atoms with E-state index in [9.17, 15) is 4.79 Å². The highest BCUT2D eigenvalue weighted by Gasteiger charge is 2.28. The van der Waals surface area contributed by atoms with E-state index in [1.807, 2.05) is 25.1 Å². The van der Waals surface area contributed by atoms with Crippen LogP contribution < -0.4 is 0 Å². The number of amides is 1. The molecule has 0 radical (unpaired) electrons. The van der Waals surface area contributed by atoms with Crippen molar-refractivity contribution in [1.29, 1.82) is 0 Å². The number of nitrogens with zero attached hydrogens (tertiary/aromatic N) is 1. The average Bonchev–Trinajstić information content (AvgIpc) is 2.40. The minimum atomic E-state index is -0.0414. The molecular weight excluding hydrogens is 318 g/mol. The van der Waals surface area contributed by atoms with Gasteiger partial charge in [0.1, 0.15) is 0 Å². The van der Waals surface area contributed by atoms with Gasteiger partial charge in [-0.3, -0.25) is 4.79 Å². The molecule has 0 aliphatic carbocycles. The van der Waals surface area contributed by atoms with E-state index < -0.39 is 0 Å². The molecule has 2 rings (SSSR count). The lowest BCUT2D eigenvalue weighted by Gasteiger charge is -2.34. The third kappa shape index (κ3) is 2.87. The second-order valence-electron chi connectivity index (χ2n) is 4.36. The van der Waals surface area contributed by atoms with Gasteiger partial charge in [0.15, 0.2) is 0 Å². The Morgan fingerprint density at radius 3 is 3.11 bits per heavy atom. The maximum atomic E-state index is 12.5. The first-order chi connectivity index (χ1) is 8.63. The molecule has 0 spiro atoms. The predicted molar refractivity (Wildman–Crippen MR) is 75.2 cm³/mol. The van der Waals surface area contributed by atoms with Gasteiger partial charge in [-0.1, -0.05) is 11.6 Å². The zero-order valence-corrected chi connectivity index (χ0v) is 12.5. The number of alkyl halides is 1. The molecule has 1 aliphatic heterocycles. The Morgan fingerprint density at radius 2 is 2.39 bits per heavy atom. The molecule has 1 heterocycles. The van der Waals surface area contributed by atoms with Crippen LogP contribution >= 0.6 is 27.5 Å². The van der Waals surface area contributed by atoms with Crippen molar-refractivity contribution in [2.75, 3.05) is 25.6 Å². The molecule has 1 amide bonds. The fraction of sp³-hybridized carbons (Fsp3) is 0.462. The van der Waals surface area contributed by atoms with Gasteiger partial charge in [0.25, 0.3) is 5.91 Å². The number of halogens is 2. The Bertz CT molecular complexity index is 453. The van der Waals surface area contributed by atoms with Crippen molar-refractivity contribution in [3.63, 3.8) is 0 Å². The van der Waals surface area contributed by atoms with Crippen molar-refractivity contribution < 1.29 is 9.53 Å². The zero-order chi connectivity index (χ0) is 13.1. The van der Waals surface area contributed by atoms with Crippen molar-refractivity contribution in [3.8, 4) is 0 Å². The normalized spacial score (nSPS) is 19.9.